The van der Waals surface area contributed by atoms with Crippen molar-refractivity contribution in [3.63, 3.8) is 0 Å². The number of amides is 2. The van der Waals surface area contributed by atoms with Crippen molar-refractivity contribution in [2.75, 3.05) is 0 Å². The Kier molecular flexibility index (Phi) is 7.66. The number of rotatable bonds is 7. The highest BCUT2D eigenvalue weighted by Crippen LogP contribution is 2.28. The van der Waals surface area contributed by atoms with Gasteiger partial charge in [-0.3, -0.25) is 19.4 Å². The second-order valence-electron chi connectivity index (χ2n) is 8.57. The van der Waals surface area contributed by atoms with Gasteiger partial charge in [0.15, 0.2) is 5.78 Å². The van der Waals surface area contributed by atoms with E-state index in [1.807, 2.05) is 20.8 Å². The first-order valence-electron chi connectivity index (χ1n) is 10.1. The van der Waals surface area contributed by atoms with Crippen LogP contribution in [0.2, 0.25) is 0 Å². The van der Waals surface area contributed by atoms with E-state index in [-0.39, 0.29) is 23.3 Å². The minimum Gasteiger partial charge on any atom is -0.344 e. The van der Waals surface area contributed by atoms with Crippen LogP contribution in [0, 0.1) is 11.3 Å². The van der Waals surface area contributed by atoms with Gasteiger partial charge in [0.25, 0.3) is 5.91 Å². The number of nitrogens with zero attached hydrogens (tertiary/aromatic N) is 2. The highest BCUT2D eigenvalue weighted by molar-refractivity contribution is 5.97. The van der Waals surface area contributed by atoms with E-state index in [0.717, 1.165) is 32.1 Å². The molecule has 2 N–H and O–H groups in total. The first-order chi connectivity index (χ1) is 13.2. The smallest absolute Gasteiger partial charge is 0.272 e. The third-order valence-corrected chi connectivity index (χ3v) is 5.31. The van der Waals surface area contributed by atoms with Crippen LogP contribution in [0.15, 0.2) is 18.6 Å². The van der Waals surface area contributed by atoms with Gasteiger partial charge in [0, 0.05) is 18.8 Å². The standard InChI is InChI=1S/C21H32N4O3/c1-5-16(26)18(21(2,3)4)25-20(28)17(14-9-7-6-8-10-14)24-19(27)15-13-22-11-12-23-15/h11-14,17-18H,5-10H2,1-4H3,(H,24,27)(H,25,28). The molecule has 7 nitrogen and oxygen atoms in total. The number of carbonyl (C=O) groups excluding carboxylic acids is 3. The Hall–Kier alpha value is -2.31. The van der Waals surface area contributed by atoms with Crippen LogP contribution in [-0.2, 0) is 9.59 Å². The molecule has 1 aliphatic rings. The molecule has 1 fully saturated rings. The van der Waals surface area contributed by atoms with E-state index in [2.05, 4.69) is 20.6 Å². The molecule has 2 atom stereocenters. The molecule has 154 valence electrons. The summed E-state index contributed by atoms with van der Waals surface area (Å²) in [7, 11) is 0. The van der Waals surface area contributed by atoms with Gasteiger partial charge in [-0.15, -0.1) is 0 Å². The molecule has 0 aliphatic heterocycles. The Morgan fingerprint density at radius 2 is 1.79 bits per heavy atom. The molecule has 7 heteroatoms. The van der Waals surface area contributed by atoms with Gasteiger partial charge in [0.1, 0.15) is 11.7 Å². The molecule has 0 saturated heterocycles. The molecular weight excluding hydrogens is 356 g/mol. The van der Waals surface area contributed by atoms with E-state index >= 15 is 0 Å². The van der Waals surface area contributed by atoms with Crippen LogP contribution < -0.4 is 10.6 Å². The Bertz CT molecular complexity index is 679. The molecule has 0 spiro atoms. The first kappa shape index (κ1) is 22.0. The summed E-state index contributed by atoms with van der Waals surface area (Å²) >= 11 is 0. The highest BCUT2D eigenvalue weighted by atomic mass is 16.2. The van der Waals surface area contributed by atoms with Gasteiger partial charge in [-0.2, -0.15) is 0 Å². The lowest BCUT2D eigenvalue weighted by Crippen LogP contribution is -2.57. The molecule has 2 amide bonds. The SMILES string of the molecule is CCC(=O)C(NC(=O)C(NC(=O)c1cnccn1)C1CCCCC1)C(C)(C)C. The van der Waals surface area contributed by atoms with Crippen molar-refractivity contribution < 1.29 is 14.4 Å². The van der Waals surface area contributed by atoms with E-state index < -0.39 is 23.4 Å². The van der Waals surface area contributed by atoms with Gasteiger partial charge < -0.3 is 10.6 Å². The minimum atomic E-state index is -0.690. The second kappa shape index (κ2) is 9.75. The molecule has 1 aromatic heterocycles. The van der Waals surface area contributed by atoms with Crippen molar-refractivity contribution in [3.8, 4) is 0 Å². The quantitative estimate of drug-likeness (QED) is 0.748. The fourth-order valence-corrected chi connectivity index (χ4v) is 3.71. The van der Waals surface area contributed by atoms with Gasteiger partial charge in [-0.05, 0) is 24.2 Å². The Labute approximate surface area is 167 Å². The number of hydrogen-bond donors (Lipinski definition) is 2. The van der Waals surface area contributed by atoms with E-state index in [4.69, 9.17) is 0 Å². The van der Waals surface area contributed by atoms with Crippen LogP contribution in [0.25, 0.3) is 0 Å². The Morgan fingerprint density at radius 3 is 2.32 bits per heavy atom. The number of Topliss-reactive ketones (excluding diaryl/α,β-unsaturated/α-hetero) is 1. The summed E-state index contributed by atoms with van der Waals surface area (Å²) in [6.07, 6.45) is 9.63. The largest absolute Gasteiger partial charge is 0.344 e. The summed E-state index contributed by atoms with van der Waals surface area (Å²) in [4.78, 5) is 46.1. The lowest BCUT2D eigenvalue weighted by Gasteiger charge is -2.34. The molecule has 2 rings (SSSR count). The summed E-state index contributed by atoms with van der Waals surface area (Å²) in [5, 5.41) is 5.77. The van der Waals surface area contributed by atoms with Gasteiger partial charge in [0.2, 0.25) is 5.91 Å². The predicted octanol–water partition coefficient (Wildman–Crippen LogP) is 2.67. The molecule has 2 unspecified atom stereocenters. The number of nitrogens with one attached hydrogen (secondary N) is 2. The molecule has 0 radical (unpaired) electrons. The third-order valence-electron chi connectivity index (χ3n) is 5.31. The van der Waals surface area contributed by atoms with Gasteiger partial charge in [-0.1, -0.05) is 47.0 Å². The monoisotopic (exact) mass is 388 g/mol. The van der Waals surface area contributed by atoms with Crippen molar-refractivity contribution in [1.82, 2.24) is 20.6 Å². The molecule has 1 aromatic rings. The van der Waals surface area contributed by atoms with Crippen LogP contribution in [-0.4, -0.2) is 39.6 Å². The first-order valence-corrected chi connectivity index (χ1v) is 10.1. The summed E-state index contributed by atoms with van der Waals surface area (Å²) in [5.41, 5.74) is -0.234. The second-order valence-corrected chi connectivity index (χ2v) is 8.57. The van der Waals surface area contributed by atoms with Crippen LogP contribution in [0.1, 0.15) is 76.7 Å². The number of aromatic nitrogens is 2. The Morgan fingerprint density at radius 1 is 1.11 bits per heavy atom. The predicted molar refractivity (Wildman–Crippen MR) is 107 cm³/mol. The maximum Gasteiger partial charge on any atom is 0.272 e. The number of ketones is 1. The Balaban J connectivity index is 2.21. The van der Waals surface area contributed by atoms with Crippen molar-refractivity contribution in [2.45, 2.75) is 78.3 Å². The number of carbonyl (C=O) groups is 3. The molecular formula is C21H32N4O3. The van der Waals surface area contributed by atoms with Gasteiger partial charge in [-0.25, -0.2) is 4.98 Å². The third kappa shape index (κ3) is 5.84. The van der Waals surface area contributed by atoms with Crippen molar-refractivity contribution in [1.29, 1.82) is 0 Å². The normalized spacial score (nSPS) is 17.4. The van der Waals surface area contributed by atoms with E-state index in [9.17, 15) is 14.4 Å². The van der Waals surface area contributed by atoms with Crippen LogP contribution >= 0.6 is 0 Å². The maximum atomic E-state index is 13.2. The van der Waals surface area contributed by atoms with E-state index in [0.29, 0.717) is 6.42 Å². The number of hydrogen-bond acceptors (Lipinski definition) is 5. The summed E-state index contributed by atoms with van der Waals surface area (Å²) in [6.45, 7) is 7.58. The molecule has 28 heavy (non-hydrogen) atoms. The van der Waals surface area contributed by atoms with E-state index in [1.165, 1.54) is 18.6 Å². The van der Waals surface area contributed by atoms with Crippen molar-refractivity contribution in [2.24, 2.45) is 11.3 Å². The average molecular weight is 389 g/mol. The molecule has 0 aromatic carbocycles. The average Bonchev–Trinajstić information content (AvgIpc) is 2.69. The lowest BCUT2D eigenvalue weighted by atomic mass is 9.81. The van der Waals surface area contributed by atoms with Crippen molar-refractivity contribution in [3.05, 3.63) is 24.3 Å². The lowest BCUT2D eigenvalue weighted by molar-refractivity contribution is -0.132. The zero-order valence-electron chi connectivity index (χ0n) is 17.3. The molecule has 1 saturated carbocycles. The zero-order valence-corrected chi connectivity index (χ0v) is 17.3. The van der Waals surface area contributed by atoms with Crippen LogP contribution in [0.5, 0.6) is 0 Å². The maximum absolute atomic E-state index is 13.2. The fourth-order valence-electron chi connectivity index (χ4n) is 3.71. The zero-order chi connectivity index (χ0) is 20.7. The van der Waals surface area contributed by atoms with Crippen LogP contribution in [0.3, 0.4) is 0 Å². The van der Waals surface area contributed by atoms with Gasteiger partial charge in [0.05, 0.1) is 12.2 Å². The highest BCUT2D eigenvalue weighted by Gasteiger charge is 2.37. The van der Waals surface area contributed by atoms with Crippen LogP contribution in [0.4, 0.5) is 0 Å². The summed E-state index contributed by atoms with van der Waals surface area (Å²) < 4.78 is 0. The van der Waals surface area contributed by atoms with E-state index in [1.54, 1.807) is 6.92 Å². The molecule has 1 heterocycles. The van der Waals surface area contributed by atoms with Gasteiger partial charge >= 0.3 is 0 Å². The molecule has 0 bridgehead atoms. The minimum absolute atomic E-state index is 0.0107. The summed E-state index contributed by atoms with van der Waals surface area (Å²) in [6, 6.07) is -1.28. The van der Waals surface area contributed by atoms with Crippen molar-refractivity contribution >= 4 is 17.6 Å². The topological polar surface area (TPSA) is 101 Å². The fraction of sp³-hybridized carbons (Fsp3) is 0.667. The molecule has 1 aliphatic carbocycles. The summed E-state index contributed by atoms with van der Waals surface area (Å²) in [5.74, 6) is -0.686.